The van der Waals surface area contributed by atoms with Gasteiger partial charge in [-0.1, -0.05) is 6.07 Å². The second-order valence-electron chi connectivity index (χ2n) is 3.29. The Balaban J connectivity index is 3.06. The maximum Gasteiger partial charge on any atom is 0.337 e. The van der Waals surface area contributed by atoms with Crippen molar-refractivity contribution in [3.63, 3.8) is 0 Å². The summed E-state index contributed by atoms with van der Waals surface area (Å²) in [4.78, 5) is 20.8. The Morgan fingerprint density at radius 1 is 1.50 bits per heavy atom. The highest BCUT2D eigenvalue weighted by molar-refractivity contribution is 5.74. The van der Waals surface area contributed by atoms with E-state index in [-0.39, 0.29) is 18.4 Å². The number of aliphatic hydroxyl groups is 1. The van der Waals surface area contributed by atoms with Gasteiger partial charge in [-0.15, -0.1) is 0 Å². The summed E-state index contributed by atoms with van der Waals surface area (Å²) in [5.41, 5.74) is 0.456. The molecule has 86 valence electrons. The lowest BCUT2D eigenvalue weighted by molar-refractivity contribution is -0.147. The summed E-state index contributed by atoms with van der Waals surface area (Å²) in [5, 5.41) is 18.0. The topological polar surface area (TPSA) is 74.6 Å². The number of aldehydes is 1. The molecule has 1 atom stereocenters. The molecule has 1 rings (SSSR count). The first kappa shape index (κ1) is 12.3. The maximum atomic E-state index is 12.9. The Labute approximate surface area is 91.3 Å². The second kappa shape index (κ2) is 5.37. The van der Waals surface area contributed by atoms with E-state index in [9.17, 15) is 19.1 Å². The minimum atomic E-state index is -1.69. The molecule has 0 amide bonds. The van der Waals surface area contributed by atoms with Gasteiger partial charge in [0.25, 0.3) is 0 Å². The molecular weight excluding hydrogens is 215 g/mol. The summed E-state index contributed by atoms with van der Waals surface area (Å²) in [6.45, 7) is 0. The van der Waals surface area contributed by atoms with Crippen molar-refractivity contribution in [2.75, 3.05) is 0 Å². The van der Waals surface area contributed by atoms with Gasteiger partial charge in [-0.05, 0) is 29.7 Å². The maximum absolute atomic E-state index is 12.9. The molecule has 0 saturated heterocycles. The number of carboxylic acids is 1. The molecule has 0 aliphatic rings. The quantitative estimate of drug-likeness (QED) is 0.736. The van der Waals surface area contributed by atoms with Crippen molar-refractivity contribution in [2.24, 2.45) is 0 Å². The number of aliphatic carboxylic acids is 1. The molecule has 0 bridgehead atoms. The van der Waals surface area contributed by atoms with Crippen molar-refractivity contribution in [3.05, 3.63) is 35.1 Å². The lowest BCUT2D eigenvalue weighted by Gasteiger charge is -2.11. The summed E-state index contributed by atoms with van der Waals surface area (Å²) in [7, 11) is 0. The molecule has 0 fully saturated rings. The van der Waals surface area contributed by atoms with Crippen LogP contribution in [-0.4, -0.2) is 22.5 Å². The molecule has 0 spiro atoms. The second-order valence-corrected chi connectivity index (χ2v) is 3.29. The average Bonchev–Trinajstić information content (AvgIpc) is 2.25. The number of carboxylic acid groups (broad SMARTS) is 1. The molecule has 5 heteroatoms. The molecule has 1 unspecified atom stereocenters. The Morgan fingerprint density at radius 2 is 2.19 bits per heavy atom. The van der Waals surface area contributed by atoms with Gasteiger partial charge in [-0.2, -0.15) is 0 Å². The zero-order valence-corrected chi connectivity index (χ0v) is 8.39. The molecule has 4 nitrogen and oxygen atoms in total. The fourth-order valence-electron chi connectivity index (χ4n) is 1.41. The first-order valence-electron chi connectivity index (χ1n) is 4.69. The van der Waals surface area contributed by atoms with Crippen LogP contribution in [0.25, 0.3) is 0 Å². The van der Waals surface area contributed by atoms with Crippen LogP contribution in [0.3, 0.4) is 0 Å². The number of aliphatic hydroxyl groups excluding tert-OH is 1. The van der Waals surface area contributed by atoms with Crippen LogP contribution in [0.1, 0.15) is 23.7 Å². The minimum absolute atomic E-state index is 0.121. The smallest absolute Gasteiger partial charge is 0.337 e. The zero-order valence-electron chi connectivity index (χ0n) is 8.39. The van der Waals surface area contributed by atoms with Crippen LogP contribution >= 0.6 is 0 Å². The van der Waals surface area contributed by atoms with E-state index in [1.54, 1.807) is 0 Å². The molecule has 0 radical (unpaired) electrons. The lowest BCUT2D eigenvalue weighted by atomic mass is 9.98. The summed E-state index contributed by atoms with van der Waals surface area (Å²) in [6, 6.07) is 3.42. The number of aryl methyl sites for hydroxylation is 1. The fourth-order valence-corrected chi connectivity index (χ4v) is 1.41. The van der Waals surface area contributed by atoms with E-state index >= 15 is 0 Å². The molecule has 0 aliphatic carbocycles. The largest absolute Gasteiger partial charge is 0.479 e. The standard InChI is InChI=1S/C11H11FO4/c12-8-3-4-9(10(14)11(15)16)7(6-8)2-1-5-13/h3-6,10,14H,1-2H2,(H,15,16). The van der Waals surface area contributed by atoms with Crippen LogP contribution in [0.5, 0.6) is 0 Å². The van der Waals surface area contributed by atoms with Crippen molar-refractivity contribution >= 4 is 12.3 Å². The summed E-state index contributed by atoms with van der Waals surface area (Å²) in [5.74, 6) is -1.93. The van der Waals surface area contributed by atoms with Gasteiger partial charge < -0.3 is 15.0 Å². The number of carbonyl (C=O) groups excluding carboxylic acids is 1. The molecule has 0 saturated carbocycles. The van der Waals surface area contributed by atoms with E-state index in [1.165, 1.54) is 6.07 Å². The van der Waals surface area contributed by atoms with Gasteiger partial charge in [0.05, 0.1) is 0 Å². The van der Waals surface area contributed by atoms with Crippen molar-refractivity contribution < 1.29 is 24.2 Å². The molecule has 1 aromatic rings. The molecule has 0 aliphatic heterocycles. The third kappa shape index (κ3) is 2.87. The van der Waals surface area contributed by atoms with Gasteiger partial charge in [-0.25, -0.2) is 9.18 Å². The minimum Gasteiger partial charge on any atom is -0.479 e. The third-order valence-electron chi connectivity index (χ3n) is 2.17. The Bertz CT molecular complexity index is 403. The van der Waals surface area contributed by atoms with Gasteiger partial charge in [0, 0.05) is 6.42 Å². The Morgan fingerprint density at radius 3 is 2.75 bits per heavy atom. The van der Waals surface area contributed by atoms with Crippen molar-refractivity contribution in [2.45, 2.75) is 18.9 Å². The van der Waals surface area contributed by atoms with E-state index in [1.807, 2.05) is 0 Å². The van der Waals surface area contributed by atoms with Crippen LogP contribution in [-0.2, 0) is 16.0 Å². The van der Waals surface area contributed by atoms with Gasteiger partial charge in [-0.3, -0.25) is 0 Å². The summed E-state index contributed by atoms with van der Waals surface area (Å²) < 4.78 is 12.9. The average molecular weight is 226 g/mol. The van der Waals surface area contributed by atoms with Gasteiger partial charge in [0.2, 0.25) is 0 Å². The normalized spacial score (nSPS) is 12.1. The van der Waals surface area contributed by atoms with E-state index in [2.05, 4.69) is 0 Å². The summed E-state index contributed by atoms with van der Waals surface area (Å²) in [6.07, 6.45) is -0.673. The zero-order chi connectivity index (χ0) is 12.1. The van der Waals surface area contributed by atoms with E-state index in [0.29, 0.717) is 11.8 Å². The Kier molecular flexibility index (Phi) is 4.13. The molecule has 1 aromatic carbocycles. The van der Waals surface area contributed by atoms with Gasteiger partial charge in [0.15, 0.2) is 6.10 Å². The van der Waals surface area contributed by atoms with Crippen molar-refractivity contribution in [1.82, 2.24) is 0 Å². The number of hydrogen-bond donors (Lipinski definition) is 2. The van der Waals surface area contributed by atoms with Gasteiger partial charge >= 0.3 is 5.97 Å². The van der Waals surface area contributed by atoms with Crippen LogP contribution in [0.15, 0.2) is 18.2 Å². The predicted molar refractivity (Wildman–Crippen MR) is 53.4 cm³/mol. The highest BCUT2D eigenvalue weighted by Crippen LogP contribution is 2.20. The summed E-state index contributed by atoms with van der Waals surface area (Å²) >= 11 is 0. The predicted octanol–water partition coefficient (Wildman–Crippen LogP) is 1.08. The Hall–Kier alpha value is -1.75. The number of hydrogen-bond acceptors (Lipinski definition) is 3. The first-order chi connectivity index (χ1) is 7.56. The van der Waals surface area contributed by atoms with E-state index in [4.69, 9.17) is 5.11 Å². The van der Waals surface area contributed by atoms with Crippen LogP contribution in [0.2, 0.25) is 0 Å². The van der Waals surface area contributed by atoms with Crippen LogP contribution in [0, 0.1) is 5.82 Å². The van der Waals surface area contributed by atoms with Crippen molar-refractivity contribution in [1.29, 1.82) is 0 Å². The molecule has 2 N–H and O–H groups in total. The van der Waals surface area contributed by atoms with Crippen LogP contribution < -0.4 is 0 Å². The van der Waals surface area contributed by atoms with E-state index in [0.717, 1.165) is 12.1 Å². The number of halogens is 1. The lowest BCUT2D eigenvalue weighted by Crippen LogP contribution is -2.13. The highest BCUT2D eigenvalue weighted by Gasteiger charge is 2.19. The number of benzene rings is 1. The van der Waals surface area contributed by atoms with Crippen molar-refractivity contribution in [3.8, 4) is 0 Å². The number of rotatable bonds is 5. The highest BCUT2D eigenvalue weighted by atomic mass is 19.1. The SMILES string of the molecule is O=CCCc1cc(F)ccc1C(O)C(=O)O. The molecule has 0 heterocycles. The number of carbonyl (C=O) groups is 2. The third-order valence-corrected chi connectivity index (χ3v) is 2.17. The first-order valence-corrected chi connectivity index (χ1v) is 4.69. The van der Waals surface area contributed by atoms with Gasteiger partial charge in [0.1, 0.15) is 12.1 Å². The van der Waals surface area contributed by atoms with Crippen LogP contribution in [0.4, 0.5) is 4.39 Å². The molecular formula is C11H11FO4. The fraction of sp³-hybridized carbons (Fsp3) is 0.273. The molecule has 0 aromatic heterocycles. The molecule has 16 heavy (non-hydrogen) atoms. The monoisotopic (exact) mass is 226 g/mol. The van der Waals surface area contributed by atoms with E-state index < -0.39 is 17.9 Å².